The van der Waals surface area contributed by atoms with Crippen molar-refractivity contribution in [2.24, 2.45) is 5.92 Å². The Balaban J connectivity index is 1.92. The molecule has 0 saturated carbocycles. The van der Waals surface area contributed by atoms with E-state index in [9.17, 15) is 14.0 Å². The lowest BCUT2D eigenvalue weighted by molar-refractivity contribution is -0.136. The van der Waals surface area contributed by atoms with Gasteiger partial charge in [0.05, 0.1) is 13.2 Å². The molecule has 1 aromatic carbocycles. The van der Waals surface area contributed by atoms with Crippen molar-refractivity contribution in [2.45, 2.75) is 32.2 Å². The van der Waals surface area contributed by atoms with Gasteiger partial charge in [-0.05, 0) is 36.6 Å². The van der Waals surface area contributed by atoms with Crippen LogP contribution in [0, 0.1) is 11.7 Å². The minimum absolute atomic E-state index is 0.0362. The summed E-state index contributed by atoms with van der Waals surface area (Å²) in [7, 11) is 1.36. The third-order valence-corrected chi connectivity index (χ3v) is 4.68. The first-order chi connectivity index (χ1) is 11.5. The second-order valence-electron chi connectivity index (χ2n) is 6.25. The number of carbonyl (C=O) groups excluding carboxylic acids is 2. The van der Waals surface area contributed by atoms with Crippen molar-refractivity contribution in [3.05, 3.63) is 59.1 Å². The highest BCUT2D eigenvalue weighted by atomic mass is 19.1. The van der Waals surface area contributed by atoms with E-state index in [2.05, 4.69) is 0 Å². The summed E-state index contributed by atoms with van der Waals surface area (Å²) in [4.78, 5) is 25.9. The summed E-state index contributed by atoms with van der Waals surface area (Å²) in [5, 5.41) is 0. The summed E-state index contributed by atoms with van der Waals surface area (Å²) >= 11 is 0. The van der Waals surface area contributed by atoms with Gasteiger partial charge in [-0.3, -0.25) is 4.79 Å². The van der Waals surface area contributed by atoms with E-state index >= 15 is 0 Å². The Bertz CT molecular complexity index is 721. The number of methoxy groups -OCH3 is 1. The first-order valence-corrected chi connectivity index (χ1v) is 8.08. The molecular weight excluding hydrogens is 309 g/mol. The molecule has 2 unspecified atom stereocenters. The minimum atomic E-state index is -0.333. The average molecular weight is 329 g/mol. The molecule has 126 valence electrons. The Labute approximate surface area is 140 Å². The molecule has 0 spiro atoms. The maximum atomic E-state index is 13.2. The van der Waals surface area contributed by atoms with E-state index in [1.54, 1.807) is 18.2 Å². The summed E-state index contributed by atoms with van der Waals surface area (Å²) in [5.74, 6) is -0.517. The molecular formula is C19H20FNO3. The first kappa shape index (κ1) is 16.4. The van der Waals surface area contributed by atoms with Crippen LogP contribution in [0.3, 0.4) is 0 Å². The Morgan fingerprint density at radius 2 is 1.96 bits per heavy atom. The van der Waals surface area contributed by atoms with Gasteiger partial charge in [0.1, 0.15) is 5.82 Å². The van der Waals surface area contributed by atoms with Crippen LogP contribution in [0.15, 0.2) is 47.7 Å². The second kappa shape index (κ2) is 6.59. The van der Waals surface area contributed by atoms with Gasteiger partial charge >= 0.3 is 5.97 Å². The lowest BCUT2D eigenvalue weighted by atomic mass is 9.91. The Morgan fingerprint density at radius 1 is 1.25 bits per heavy atom. The third-order valence-electron chi connectivity index (χ3n) is 4.68. The molecule has 1 aliphatic carbocycles. The number of allylic oxidation sites excluding steroid dienone is 3. The molecule has 0 radical (unpaired) electrons. The van der Waals surface area contributed by atoms with E-state index in [0.29, 0.717) is 24.8 Å². The van der Waals surface area contributed by atoms with Crippen LogP contribution < -0.4 is 0 Å². The minimum Gasteiger partial charge on any atom is -0.466 e. The van der Waals surface area contributed by atoms with Crippen LogP contribution in [-0.4, -0.2) is 23.9 Å². The van der Waals surface area contributed by atoms with Gasteiger partial charge in [0.2, 0.25) is 5.91 Å². The molecule has 2 aliphatic rings. The number of carbonyl (C=O) groups is 2. The molecule has 0 aromatic heterocycles. The third kappa shape index (κ3) is 2.98. The quantitative estimate of drug-likeness (QED) is 0.797. The van der Waals surface area contributed by atoms with Crippen molar-refractivity contribution >= 4 is 11.9 Å². The van der Waals surface area contributed by atoms with Crippen molar-refractivity contribution in [3.63, 3.8) is 0 Å². The molecule has 0 N–H and O–H groups in total. The van der Waals surface area contributed by atoms with Crippen molar-refractivity contribution in [3.8, 4) is 0 Å². The maximum absolute atomic E-state index is 13.2. The zero-order chi connectivity index (χ0) is 17.3. The standard InChI is InChI=1S/C19H20FNO3/c1-12-11-14(19(23)24-2)5-8-16(12)21-17(9-10-18(21)22)13-3-6-15(20)7-4-13/h3-8,12,17H,9-11H2,1-2H3. The molecule has 1 saturated heterocycles. The van der Waals surface area contributed by atoms with Crippen LogP contribution in [0.4, 0.5) is 4.39 Å². The molecule has 1 aromatic rings. The molecule has 2 atom stereocenters. The average Bonchev–Trinajstić information content (AvgIpc) is 2.96. The fourth-order valence-electron chi connectivity index (χ4n) is 3.46. The van der Waals surface area contributed by atoms with E-state index in [1.807, 2.05) is 17.9 Å². The predicted molar refractivity (Wildman–Crippen MR) is 87.2 cm³/mol. The van der Waals surface area contributed by atoms with Gasteiger partial charge in [0.25, 0.3) is 0 Å². The molecule has 4 nitrogen and oxygen atoms in total. The van der Waals surface area contributed by atoms with Gasteiger partial charge in [-0.2, -0.15) is 0 Å². The number of esters is 1. The zero-order valence-corrected chi connectivity index (χ0v) is 13.8. The Morgan fingerprint density at radius 3 is 2.58 bits per heavy atom. The van der Waals surface area contributed by atoms with Crippen LogP contribution in [-0.2, 0) is 14.3 Å². The first-order valence-electron chi connectivity index (χ1n) is 8.08. The highest BCUT2D eigenvalue weighted by Gasteiger charge is 2.37. The lowest BCUT2D eigenvalue weighted by Gasteiger charge is -2.33. The van der Waals surface area contributed by atoms with Crippen LogP contribution in [0.2, 0.25) is 0 Å². The largest absolute Gasteiger partial charge is 0.466 e. The van der Waals surface area contributed by atoms with Gasteiger partial charge < -0.3 is 9.64 Å². The highest BCUT2D eigenvalue weighted by molar-refractivity contribution is 5.89. The topological polar surface area (TPSA) is 46.6 Å². The SMILES string of the molecule is COC(=O)C1=CC=C(N2C(=O)CCC2c2ccc(F)cc2)C(C)C1. The van der Waals surface area contributed by atoms with Crippen molar-refractivity contribution in [2.75, 3.05) is 7.11 Å². The van der Waals surface area contributed by atoms with E-state index in [1.165, 1.54) is 19.2 Å². The van der Waals surface area contributed by atoms with Gasteiger partial charge in [-0.1, -0.05) is 25.1 Å². The van der Waals surface area contributed by atoms with Gasteiger partial charge in [0.15, 0.2) is 0 Å². The van der Waals surface area contributed by atoms with Gasteiger partial charge in [-0.25, -0.2) is 9.18 Å². The van der Waals surface area contributed by atoms with Crippen LogP contribution in [0.5, 0.6) is 0 Å². The molecule has 1 aliphatic heterocycles. The molecule has 5 heteroatoms. The van der Waals surface area contributed by atoms with Crippen LogP contribution in [0.25, 0.3) is 0 Å². The lowest BCUT2D eigenvalue weighted by Crippen LogP contribution is -2.31. The second-order valence-corrected chi connectivity index (χ2v) is 6.25. The van der Waals surface area contributed by atoms with Crippen molar-refractivity contribution < 1.29 is 18.7 Å². The molecule has 1 amide bonds. The maximum Gasteiger partial charge on any atom is 0.333 e. The summed E-state index contributed by atoms with van der Waals surface area (Å²) in [6.45, 7) is 2.00. The highest BCUT2D eigenvalue weighted by Crippen LogP contribution is 2.40. The van der Waals surface area contributed by atoms with E-state index in [4.69, 9.17) is 4.74 Å². The number of likely N-dealkylation sites (tertiary alicyclic amines) is 1. The summed E-state index contributed by atoms with van der Waals surface area (Å²) in [6.07, 6.45) is 5.29. The normalized spacial score (nSPS) is 23.8. The van der Waals surface area contributed by atoms with Crippen molar-refractivity contribution in [1.29, 1.82) is 0 Å². The number of halogens is 1. The Hall–Kier alpha value is -2.43. The van der Waals surface area contributed by atoms with E-state index in [-0.39, 0.29) is 29.7 Å². The number of nitrogens with zero attached hydrogens (tertiary/aromatic N) is 1. The summed E-state index contributed by atoms with van der Waals surface area (Å²) in [5.41, 5.74) is 2.44. The number of rotatable bonds is 3. The molecule has 0 bridgehead atoms. The number of amides is 1. The van der Waals surface area contributed by atoms with Gasteiger partial charge in [-0.15, -0.1) is 0 Å². The smallest absolute Gasteiger partial charge is 0.333 e. The van der Waals surface area contributed by atoms with Crippen molar-refractivity contribution in [1.82, 2.24) is 4.90 Å². The number of hydrogen-bond donors (Lipinski definition) is 0. The summed E-state index contributed by atoms with van der Waals surface area (Å²) < 4.78 is 17.9. The van der Waals surface area contributed by atoms with Crippen LogP contribution >= 0.6 is 0 Å². The van der Waals surface area contributed by atoms with E-state index in [0.717, 1.165) is 11.3 Å². The molecule has 1 heterocycles. The predicted octanol–water partition coefficient (Wildman–Crippen LogP) is 3.51. The fraction of sp³-hybridized carbons (Fsp3) is 0.368. The fourth-order valence-corrected chi connectivity index (χ4v) is 3.46. The van der Waals surface area contributed by atoms with E-state index < -0.39 is 0 Å². The number of ether oxygens (including phenoxy) is 1. The molecule has 1 fully saturated rings. The molecule has 24 heavy (non-hydrogen) atoms. The number of hydrogen-bond acceptors (Lipinski definition) is 3. The number of benzene rings is 1. The monoisotopic (exact) mass is 329 g/mol. The zero-order valence-electron chi connectivity index (χ0n) is 13.8. The Kier molecular flexibility index (Phi) is 4.51. The van der Waals surface area contributed by atoms with Crippen LogP contribution in [0.1, 0.15) is 37.8 Å². The molecule has 3 rings (SSSR count). The summed E-state index contributed by atoms with van der Waals surface area (Å²) in [6, 6.07) is 6.22. The van der Waals surface area contributed by atoms with Gasteiger partial charge in [0, 0.05) is 23.6 Å².